The average Bonchev–Trinajstić information content (AvgIpc) is 3.14. The van der Waals surface area contributed by atoms with Gasteiger partial charge in [0.2, 0.25) is 11.1 Å². The molecule has 8 nitrogen and oxygen atoms in total. The molecule has 1 aromatic heterocycles. The van der Waals surface area contributed by atoms with Crippen molar-refractivity contribution in [1.82, 2.24) is 20.2 Å². The maximum absolute atomic E-state index is 12.2. The topological polar surface area (TPSA) is 90.3 Å². The highest BCUT2D eigenvalue weighted by atomic mass is 79.9. The summed E-state index contributed by atoms with van der Waals surface area (Å²) in [5, 5.41) is 11.9. The molecule has 0 aliphatic carbocycles. The summed E-state index contributed by atoms with van der Waals surface area (Å²) in [7, 11) is 1.62. The van der Waals surface area contributed by atoms with Gasteiger partial charge in [0, 0.05) is 5.54 Å². The van der Waals surface area contributed by atoms with E-state index in [4.69, 9.17) is 9.47 Å². The van der Waals surface area contributed by atoms with Crippen molar-refractivity contribution in [3.05, 3.63) is 63.9 Å². The standard InChI is InChI=1S/C24H30BrN5O3S/c1-16-28-29-23(34-15-21(31)27-24(2,3)4)30(16)26-13-18-11-19(25)22(20(12-18)32-5)33-14-17-9-7-6-8-10-17/h6-12,26H,13-15H2,1-5H3,(H,27,31). The van der Waals surface area contributed by atoms with Crippen molar-refractivity contribution < 1.29 is 14.3 Å². The summed E-state index contributed by atoms with van der Waals surface area (Å²) in [5.74, 6) is 2.19. The molecule has 182 valence electrons. The molecule has 3 aromatic rings. The highest BCUT2D eigenvalue weighted by molar-refractivity contribution is 9.10. The van der Waals surface area contributed by atoms with Gasteiger partial charge in [0.25, 0.3) is 0 Å². The van der Waals surface area contributed by atoms with Gasteiger partial charge in [-0.05, 0) is 66.9 Å². The normalized spacial score (nSPS) is 11.2. The minimum absolute atomic E-state index is 0.0514. The third kappa shape index (κ3) is 7.39. The molecule has 2 N–H and O–H groups in total. The van der Waals surface area contributed by atoms with E-state index in [1.54, 1.807) is 11.8 Å². The first-order valence-corrected chi connectivity index (χ1v) is 12.6. The summed E-state index contributed by atoms with van der Waals surface area (Å²) in [4.78, 5) is 12.2. The number of ether oxygens (including phenoxy) is 2. The van der Waals surface area contributed by atoms with Crippen LogP contribution in [0.5, 0.6) is 11.5 Å². The monoisotopic (exact) mass is 547 g/mol. The number of halogens is 1. The van der Waals surface area contributed by atoms with E-state index in [1.165, 1.54) is 11.8 Å². The molecule has 3 rings (SSSR count). The number of amides is 1. The van der Waals surface area contributed by atoms with Gasteiger partial charge in [-0.15, -0.1) is 10.2 Å². The van der Waals surface area contributed by atoms with Crippen LogP contribution in [0, 0.1) is 6.92 Å². The second kappa shape index (κ2) is 11.6. The molecular formula is C24H30BrN5O3S. The van der Waals surface area contributed by atoms with Crippen LogP contribution in [0.3, 0.4) is 0 Å². The maximum atomic E-state index is 12.2. The maximum Gasteiger partial charge on any atom is 0.230 e. The Kier molecular flexibility index (Phi) is 8.84. The number of nitrogens with one attached hydrogen (secondary N) is 2. The Balaban J connectivity index is 1.66. The van der Waals surface area contributed by atoms with Crippen molar-refractivity contribution in [1.29, 1.82) is 0 Å². The number of aryl methyl sites for hydroxylation is 1. The predicted octanol–water partition coefficient (Wildman–Crippen LogP) is 4.69. The molecule has 10 heteroatoms. The number of carbonyl (C=O) groups is 1. The van der Waals surface area contributed by atoms with E-state index in [9.17, 15) is 4.79 Å². The van der Waals surface area contributed by atoms with Gasteiger partial charge in [0.05, 0.1) is 23.9 Å². The zero-order valence-electron chi connectivity index (χ0n) is 20.0. The van der Waals surface area contributed by atoms with Gasteiger partial charge in [0.1, 0.15) is 12.4 Å². The molecule has 0 spiro atoms. The van der Waals surface area contributed by atoms with Crippen LogP contribution in [-0.4, -0.2) is 39.2 Å². The molecule has 1 heterocycles. The fourth-order valence-electron chi connectivity index (χ4n) is 3.12. The zero-order valence-corrected chi connectivity index (χ0v) is 22.4. The average molecular weight is 549 g/mol. The molecule has 0 saturated carbocycles. The van der Waals surface area contributed by atoms with Crippen LogP contribution in [0.15, 0.2) is 52.1 Å². The van der Waals surface area contributed by atoms with Crippen molar-refractivity contribution in [2.45, 2.75) is 51.5 Å². The summed E-state index contributed by atoms with van der Waals surface area (Å²) in [6, 6.07) is 13.9. The highest BCUT2D eigenvalue weighted by Crippen LogP contribution is 2.37. The first-order chi connectivity index (χ1) is 16.2. The number of benzene rings is 2. The molecular weight excluding hydrogens is 518 g/mol. The first-order valence-electron chi connectivity index (χ1n) is 10.8. The summed E-state index contributed by atoms with van der Waals surface area (Å²) in [6.45, 7) is 8.65. The Morgan fingerprint density at radius 3 is 2.56 bits per heavy atom. The van der Waals surface area contributed by atoms with Crippen LogP contribution in [0.4, 0.5) is 0 Å². The quantitative estimate of drug-likeness (QED) is 0.356. The van der Waals surface area contributed by atoms with Crippen LogP contribution < -0.4 is 20.2 Å². The lowest BCUT2D eigenvalue weighted by Gasteiger charge is -2.20. The molecule has 1 amide bonds. The van der Waals surface area contributed by atoms with Gasteiger partial charge in [0.15, 0.2) is 11.5 Å². The number of carbonyl (C=O) groups excluding carboxylic acids is 1. The minimum Gasteiger partial charge on any atom is -0.493 e. The summed E-state index contributed by atoms with van der Waals surface area (Å²) < 4.78 is 14.2. The second-order valence-electron chi connectivity index (χ2n) is 8.67. The van der Waals surface area contributed by atoms with Crippen LogP contribution in [-0.2, 0) is 17.9 Å². The fraction of sp³-hybridized carbons (Fsp3) is 0.375. The fourth-order valence-corrected chi connectivity index (χ4v) is 4.48. The van der Waals surface area contributed by atoms with Gasteiger partial charge in [-0.2, -0.15) is 0 Å². The van der Waals surface area contributed by atoms with Crippen LogP contribution in [0.1, 0.15) is 37.7 Å². The number of rotatable bonds is 10. The summed E-state index contributed by atoms with van der Waals surface area (Å²) >= 11 is 4.94. The van der Waals surface area contributed by atoms with Crippen molar-refractivity contribution in [3.63, 3.8) is 0 Å². The molecule has 0 aliphatic heterocycles. The molecule has 0 saturated heterocycles. The minimum atomic E-state index is -0.275. The van der Waals surface area contributed by atoms with Crippen LogP contribution in [0.25, 0.3) is 0 Å². The van der Waals surface area contributed by atoms with Gasteiger partial charge < -0.3 is 20.2 Å². The predicted molar refractivity (Wildman–Crippen MR) is 138 cm³/mol. The Morgan fingerprint density at radius 1 is 1.15 bits per heavy atom. The van der Waals surface area contributed by atoms with Crippen molar-refractivity contribution in [2.75, 3.05) is 18.3 Å². The molecule has 0 aliphatic rings. The SMILES string of the molecule is COc1cc(CNn2c(C)nnc2SCC(=O)NC(C)(C)C)cc(Br)c1OCc1ccccc1. The lowest BCUT2D eigenvalue weighted by Crippen LogP contribution is -2.41. The Bertz CT molecular complexity index is 1120. The highest BCUT2D eigenvalue weighted by Gasteiger charge is 2.17. The van der Waals surface area contributed by atoms with Gasteiger partial charge in [-0.1, -0.05) is 42.1 Å². The zero-order chi connectivity index (χ0) is 24.7. The Morgan fingerprint density at radius 2 is 1.88 bits per heavy atom. The van der Waals surface area contributed by atoms with E-state index in [0.29, 0.717) is 35.6 Å². The summed E-state index contributed by atoms with van der Waals surface area (Å²) in [6.07, 6.45) is 0. The van der Waals surface area contributed by atoms with E-state index in [2.05, 4.69) is 36.9 Å². The van der Waals surface area contributed by atoms with Crippen molar-refractivity contribution in [2.24, 2.45) is 0 Å². The van der Waals surface area contributed by atoms with E-state index in [1.807, 2.05) is 70.2 Å². The number of hydrogen-bond donors (Lipinski definition) is 2. The number of methoxy groups -OCH3 is 1. The molecule has 0 radical (unpaired) electrons. The molecule has 2 aromatic carbocycles. The Hall–Kier alpha value is -2.72. The van der Waals surface area contributed by atoms with Gasteiger partial charge in [-0.3, -0.25) is 4.79 Å². The molecule has 34 heavy (non-hydrogen) atoms. The number of nitrogens with zero attached hydrogens (tertiary/aromatic N) is 3. The largest absolute Gasteiger partial charge is 0.493 e. The van der Waals surface area contributed by atoms with E-state index in [-0.39, 0.29) is 17.2 Å². The van der Waals surface area contributed by atoms with E-state index < -0.39 is 0 Å². The van der Waals surface area contributed by atoms with Crippen molar-refractivity contribution in [3.8, 4) is 11.5 Å². The van der Waals surface area contributed by atoms with E-state index >= 15 is 0 Å². The lowest BCUT2D eigenvalue weighted by atomic mass is 10.1. The summed E-state index contributed by atoms with van der Waals surface area (Å²) in [5.41, 5.74) is 5.11. The molecule has 0 fully saturated rings. The van der Waals surface area contributed by atoms with Crippen LogP contribution >= 0.6 is 27.7 Å². The Labute approximate surface area is 212 Å². The van der Waals surface area contributed by atoms with Crippen molar-refractivity contribution >= 4 is 33.6 Å². The number of aromatic nitrogens is 3. The first kappa shape index (κ1) is 25.9. The lowest BCUT2D eigenvalue weighted by molar-refractivity contribution is -0.119. The third-order valence-corrected chi connectivity index (χ3v) is 6.12. The number of thioether (sulfide) groups is 1. The third-order valence-electron chi connectivity index (χ3n) is 4.60. The van der Waals surface area contributed by atoms with Gasteiger partial charge in [-0.25, -0.2) is 4.68 Å². The number of hydrogen-bond acceptors (Lipinski definition) is 7. The molecule has 0 bridgehead atoms. The second-order valence-corrected chi connectivity index (χ2v) is 10.5. The van der Waals surface area contributed by atoms with E-state index in [0.717, 1.165) is 15.6 Å². The van der Waals surface area contributed by atoms with Crippen LogP contribution in [0.2, 0.25) is 0 Å². The molecule has 0 atom stereocenters. The molecule has 0 unspecified atom stereocenters. The van der Waals surface area contributed by atoms with Gasteiger partial charge >= 0.3 is 0 Å². The smallest absolute Gasteiger partial charge is 0.230 e.